The Morgan fingerprint density at radius 3 is 2.71 bits per heavy atom. The molecule has 2 N–H and O–H groups in total. The molecule has 1 aromatic heterocycles. The molecule has 0 saturated carbocycles. The number of aromatic nitrogens is 1. The minimum Gasteiger partial charge on any atom is -0.480 e. The fourth-order valence-electron chi connectivity index (χ4n) is 4.12. The number of carboxylic acids is 1. The van der Waals surface area contributed by atoms with Crippen LogP contribution in [-0.4, -0.2) is 27.6 Å². The first-order valence-corrected chi connectivity index (χ1v) is 9.36. The summed E-state index contributed by atoms with van der Waals surface area (Å²) in [6.07, 6.45) is 2.27. The van der Waals surface area contributed by atoms with E-state index in [9.17, 15) is 19.1 Å². The molecular formula is C22H21FN2O3. The zero-order valence-corrected chi connectivity index (χ0v) is 15.3. The van der Waals surface area contributed by atoms with Gasteiger partial charge in [0.15, 0.2) is 0 Å². The van der Waals surface area contributed by atoms with Gasteiger partial charge >= 0.3 is 5.97 Å². The first-order valence-electron chi connectivity index (χ1n) is 9.36. The Balaban J connectivity index is 1.57. The number of carboxylic acid groups (broad SMARTS) is 1. The molecule has 0 bridgehead atoms. The maximum Gasteiger partial charge on any atom is 0.323 e. The van der Waals surface area contributed by atoms with E-state index in [1.807, 2.05) is 30.3 Å². The van der Waals surface area contributed by atoms with Crippen molar-refractivity contribution in [1.29, 1.82) is 0 Å². The summed E-state index contributed by atoms with van der Waals surface area (Å²) < 4.78 is 15.6. The summed E-state index contributed by atoms with van der Waals surface area (Å²) in [5.74, 6) is -1.32. The smallest absolute Gasteiger partial charge is 0.323 e. The number of aliphatic carboxylic acids is 1. The highest BCUT2D eigenvalue weighted by atomic mass is 19.1. The minimum atomic E-state index is -0.928. The molecule has 1 amide bonds. The lowest BCUT2D eigenvalue weighted by Crippen LogP contribution is -2.39. The van der Waals surface area contributed by atoms with Gasteiger partial charge in [0.2, 0.25) is 5.91 Å². The lowest BCUT2D eigenvalue weighted by molar-refractivity contribution is -0.137. The number of carbonyl (C=O) groups excluding carboxylic acids is 1. The molecule has 0 fully saturated rings. The van der Waals surface area contributed by atoms with Gasteiger partial charge in [-0.3, -0.25) is 9.59 Å². The summed E-state index contributed by atoms with van der Waals surface area (Å²) in [5, 5.41) is 13.1. The molecule has 0 spiro atoms. The number of halogens is 1. The number of rotatable bonds is 5. The van der Waals surface area contributed by atoms with Gasteiger partial charge in [-0.25, -0.2) is 4.39 Å². The average molecular weight is 380 g/mol. The molecule has 0 saturated heterocycles. The van der Waals surface area contributed by atoms with E-state index in [1.54, 1.807) is 10.6 Å². The summed E-state index contributed by atoms with van der Waals surface area (Å²) in [4.78, 5) is 23.7. The lowest BCUT2D eigenvalue weighted by atomic mass is 9.91. The molecule has 0 unspecified atom stereocenters. The van der Waals surface area contributed by atoms with Crippen LogP contribution in [-0.2, 0) is 35.4 Å². The van der Waals surface area contributed by atoms with E-state index in [0.717, 1.165) is 34.1 Å². The van der Waals surface area contributed by atoms with Crippen LogP contribution in [0.15, 0.2) is 48.5 Å². The molecule has 144 valence electrons. The molecule has 28 heavy (non-hydrogen) atoms. The molecule has 6 heteroatoms. The number of benzene rings is 2. The second-order valence-corrected chi connectivity index (χ2v) is 7.24. The molecule has 1 heterocycles. The molecule has 3 aromatic rings. The van der Waals surface area contributed by atoms with Crippen LogP contribution in [0.4, 0.5) is 4.39 Å². The molecule has 0 aliphatic heterocycles. The molecule has 5 nitrogen and oxygen atoms in total. The van der Waals surface area contributed by atoms with E-state index in [-0.39, 0.29) is 24.3 Å². The van der Waals surface area contributed by atoms with Crippen molar-refractivity contribution in [2.75, 3.05) is 0 Å². The van der Waals surface area contributed by atoms with Crippen molar-refractivity contribution in [2.24, 2.45) is 0 Å². The maximum absolute atomic E-state index is 13.8. The Bertz CT molecular complexity index is 1040. The fraction of sp³-hybridized carbons (Fsp3) is 0.273. The van der Waals surface area contributed by atoms with Gasteiger partial charge in [-0.05, 0) is 48.6 Å². The van der Waals surface area contributed by atoms with Crippen LogP contribution in [0, 0.1) is 5.82 Å². The lowest BCUT2D eigenvalue weighted by Gasteiger charge is -2.25. The van der Waals surface area contributed by atoms with Gasteiger partial charge < -0.3 is 15.0 Å². The summed E-state index contributed by atoms with van der Waals surface area (Å²) in [7, 11) is 0. The Kier molecular flexibility index (Phi) is 4.86. The van der Waals surface area contributed by atoms with Crippen molar-refractivity contribution in [3.63, 3.8) is 0 Å². The van der Waals surface area contributed by atoms with E-state index in [4.69, 9.17) is 0 Å². The van der Waals surface area contributed by atoms with Crippen LogP contribution in [0.3, 0.4) is 0 Å². The van der Waals surface area contributed by atoms with Gasteiger partial charge in [0, 0.05) is 22.6 Å². The van der Waals surface area contributed by atoms with Crippen LogP contribution in [0.2, 0.25) is 0 Å². The van der Waals surface area contributed by atoms with E-state index in [0.29, 0.717) is 19.3 Å². The van der Waals surface area contributed by atoms with Gasteiger partial charge in [-0.1, -0.05) is 30.3 Å². The topological polar surface area (TPSA) is 71.3 Å². The molecule has 1 aliphatic carbocycles. The third kappa shape index (κ3) is 3.63. The Morgan fingerprint density at radius 2 is 1.96 bits per heavy atom. The second kappa shape index (κ2) is 7.46. The first-order chi connectivity index (χ1) is 13.5. The highest BCUT2D eigenvalue weighted by Gasteiger charge is 2.27. The van der Waals surface area contributed by atoms with Crippen molar-refractivity contribution >= 4 is 22.8 Å². The number of amides is 1. The third-order valence-electron chi connectivity index (χ3n) is 5.29. The van der Waals surface area contributed by atoms with E-state index >= 15 is 0 Å². The van der Waals surface area contributed by atoms with Gasteiger partial charge in [-0.2, -0.15) is 0 Å². The standard InChI is InChI=1S/C22H21FN2O3/c23-15-6-8-19-17(11-15)18-12-16(7-9-20(18)25(19)13-22(27)28)24-21(26)10-14-4-2-1-3-5-14/h1-6,8,11,16H,7,9-10,12-13H2,(H,24,26)(H,27,28)/t16-/m1/s1. The Hall–Kier alpha value is -3.15. The SMILES string of the molecule is O=C(O)Cn1c2c(c3cc(F)ccc31)C[C@H](NC(=O)Cc1ccccc1)CC2. The largest absolute Gasteiger partial charge is 0.480 e. The van der Waals surface area contributed by atoms with Gasteiger partial charge in [-0.15, -0.1) is 0 Å². The Labute approximate surface area is 161 Å². The van der Waals surface area contributed by atoms with E-state index in [2.05, 4.69) is 5.32 Å². The maximum atomic E-state index is 13.8. The molecule has 1 aliphatic rings. The molecule has 2 aromatic carbocycles. The van der Waals surface area contributed by atoms with Crippen LogP contribution >= 0.6 is 0 Å². The second-order valence-electron chi connectivity index (χ2n) is 7.24. The highest BCUT2D eigenvalue weighted by molar-refractivity contribution is 5.87. The van der Waals surface area contributed by atoms with Crippen molar-refractivity contribution in [3.8, 4) is 0 Å². The van der Waals surface area contributed by atoms with Crippen molar-refractivity contribution < 1.29 is 19.1 Å². The van der Waals surface area contributed by atoms with Crippen LogP contribution in [0.25, 0.3) is 10.9 Å². The number of carbonyl (C=O) groups is 2. The number of nitrogens with one attached hydrogen (secondary N) is 1. The van der Waals surface area contributed by atoms with Gasteiger partial charge in [0.1, 0.15) is 12.4 Å². The fourth-order valence-corrected chi connectivity index (χ4v) is 4.12. The van der Waals surface area contributed by atoms with Crippen molar-refractivity contribution in [2.45, 2.75) is 38.3 Å². The van der Waals surface area contributed by atoms with Crippen molar-refractivity contribution in [1.82, 2.24) is 9.88 Å². The summed E-state index contributed by atoms with van der Waals surface area (Å²) in [6.45, 7) is -0.150. The minimum absolute atomic E-state index is 0.0416. The van der Waals surface area contributed by atoms with Crippen molar-refractivity contribution in [3.05, 3.63) is 71.2 Å². The zero-order chi connectivity index (χ0) is 19.7. The summed E-state index contributed by atoms with van der Waals surface area (Å²) in [6, 6.07) is 14.0. The van der Waals surface area contributed by atoms with Gasteiger partial charge in [0.25, 0.3) is 0 Å². The van der Waals surface area contributed by atoms with E-state index in [1.165, 1.54) is 12.1 Å². The number of hydrogen-bond donors (Lipinski definition) is 2. The Morgan fingerprint density at radius 1 is 1.18 bits per heavy atom. The zero-order valence-electron chi connectivity index (χ0n) is 15.3. The molecule has 1 atom stereocenters. The van der Waals surface area contributed by atoms with Gasteiger partial charge in [0.05, 0.1) is 6.42 Å². The summed E-state index contributed by atoms with van der Waals surface area (Å²) in [5.41, 5.74) is 3.55. The quantitative estimate of drug-likeness (QED) is 0.715. The predicted molar refractivity (Wildman–Crippen MR) is 104 cm³/mol. The average Bonchev–Trinajstić information content (AvgIpc) is 2.94. The van der Waals surface area contributed by atoms with Crippen LogP contribution in [0.5, 0.6) is 0 Å². The normalized spacial score (nSPS) is 16.0. The molecule has 0 radical (unpaired) electrons. The summed E-state index contributed by atoms with van der Waals surface area (Å²) >= 11 is 0. The molecule has 4 rings (SSSR count). The third-order valence-corrected chi connectivity index (χ3v) is 5.29. The number of hydrogen-bond acceptors (Lipinski definition) is 2. The number of nitrogens with zero attached hydrogens (tertiary/aromatic N) is 1. The predicted octanol–water partition coefficient (Wildman–Crippen LogP) is 3.08. The molecular weight excluding hydrogens is 359 g/mol. The first kappa shape index (κ1) is 18.2. The highest BCUT2D eigenvalue weighted by Crippen LogP contribution is 2.33. The monoisotopic (exact) mass is 380 g/mol. The van der Waals surface area contributed by atoms with Crippen LogP contribution < -0.4 is 5.32 Å². The number of fused-ring (bicyclic) bond motifs is 3. The van der Waals surface area contributed by atoms with Crippen LogP contribution in [0.1, 0.15) is 23.2 Å². The van der Waals surface area contributed by atoms with E-state index < -0.39 is 5.97 Å².